The maximum absolute atomic E-state index is 13.1. The lowest BCUT2D eigenvalue weighted by molar-refractivity contribution is -0.122. The van der Waals surface area contributed by atoms with Gasteiger partial charge in [-0.05, 0) is 42.8 Å². The van der Waals surface area contributed by atoms with Gasteiger partial charge in [-0.25, -0.2) is 4.39 Å². The van der Waals surface area contributed by atoms with E-state index >= 15 is 0 Å². The molecular weight excluding hydrogens is 375 g/mol. The van der Waals surface area contributed by atoms with E-state index in [1.54, 1.807) is 43.3 Å². The van der Waals surface area contributed by atoms with Crippen molar-refractivity contribution in [2.45, 2.75) is 13.0 Å². The molecule has 150 valence electrons. The lowest BCUT2D eigenvalue weighted by Gasteiger charge is -2.14. The molecule has 0 spiro atoms. The third-order valence-corrected chi connectivity index (χ3v) is 4.45. The number of aromatic nitrogens is 2. The third kappa shape index (κ3) is 4.26. The fourth-order valence-electron chi connectivity index (χ4n) is 2.92. The van der Waals surface area contributed by atoms with Crippen LogP contribution in [0, 0.1) is 5.82 Å². The van der Waals surface area contributed by atoms with Crippen molar-refractivity contribution in [2.24, 2.45) is 0 Å². The maximum atomic E-state index is 13.1. The van der Waals surface area contributed by atoms with Crippen molar-refractivity contribution < 1.29 is 18.7 Å². The molecule has 0 saturated heterocycles. The summed E-state index contributed by atoms with van der Waals surface area (Å²) >= 11 is 0. The van der Waals surface area contributed by atoms with Crippen LogP contribution in [0.15, 0.2) is 36.4 Å². The molecule has 0 saturated carbocycles. The Kier molecular flexibility index (Phi) is 5.92. The first-order chi connectivity index (χ1) is 13.9. The number of benzene rings is 2. The Hall–Kier alpha value is -3.68. The number of carbonyl (C=O) groups excluding carboxylic acids is 2. The molecule has 0 fully saturated rings. The van der Waals surface area contributed by atoms with Crippen molar-refractivity contribution in [1.82, 2.24) is 20.8 Å². The second-order valence-corrected chi connectivity index (χ2v) is 6.37. The number of hydrogen-bond acceptors (Lipinski definition) is 4. The van der Waals surface area contributed by atoms with Crippen LogP contribution >= 0.6 is 0 Å². The first-order valence-corrected chi connectivity index (χ1v) is 8.95. The number of halogens is 1. The molecule has 3 N–H and O–H groups in total. The zero-order valence-corrected chi connectivity index (χ0v) is 16.2. The van der Waals surface area contributed by atoms with E-state index in [1.807, 2.05) is 0 Å². The highest BCUT2D eigenvalue weighted by Crippen LogP contribution is 2.32. The van der Waals surface area contributed by atoms with E-state index in [0.717, 1.165) is 5.56 Å². The monoisotopic (exact) mass is 396 g/mol. The molecule has 7 nitrogen and oxygen atoms in total. The zero-order chi connectivity index (χ0) is 21.0. The number of nitrogens with zero attached hydrogens (tertiary/aromatic N) is 1. The number of methoxy groups -OCH3 is 1. The van der Waals surface area contributed by atoms with E-state index in [9.17, 15) is 14.0 Å². The van der Waals surface area contributed by atoms with Crippen LogP contribution in [0.3, 0.4) is 0 Å². The van der Waals surface area contributed by atoms with Crippen molar-refractivity contribution in [3.8, 4) is 5.75 Å². The highest BCUT2D eigenvalue weighted by atomic mass is 19.1. The third-order valence-electron chi connectivity index (χ3n) is 4.45. The van der Waals surface area contributed by atoms with E-state index in [1.165, 1.54) is 26.3 Å². The predicted octanol–water partition coefficient (Wildman–Crippen LogP) is 2.75. The van der Waals surface area contributed by atoms with Crippen molar-refractivity contribution in [1.29, 1.82) is 0 Å². The summed E-state index contributed by atoms with van der Waals surface area (Å²) in [6.45, 7) is 1.59. The van der Waals surface area contributed by atoms with Crippen LogP contribution in [0.5, 0.6) is 5.75 Å². The number of aromatic amines is 1. The molecule has 1 atom stereocenters. The Labute approximate surface area is 166 Å². The van der Waals surface area contributed by atoms with Crippen molar-refractivity contribution in [2.75, 3.05) is 14.2 Å². The minimum atomic E-state index is -0.699. The van der Waals surface area contributed by atoms with Gasteiger partial charge in [-0.15, -0.1) is 0 Å². The van der Waals surface area contributed by atoms with Crippen molar-refractivity contribution in [3.05, 3.63) is 59.0 Å². The van der Waals surface area contributed by atoms with E-state index in [2.05, 4.69) is 20.8 Å². The second-order valence-electron chi connectivity index (χ2n) is 6.37. The largest absolute Gasteiger partial charge is 0.495 e. The Morgan fingerprint density at radius 1 is 1.17 bits per heavy atom. The van der Waals surface area contributed by atoms with Gasteiger partial charge in [0.05, 0.1) is 29.3 Å². The molecule has 0 aliphatic carbocycles. The number of H-pyrrole nitrogens is 1. The fraction of sp³-hybridized carbons (Fsp3) is 0.190. The molecule has 2 aromatic carbocycles. The summed E-state index contributed by atoms with van der Waals surface area (Å²) in [5, 5.41) is 12.9. The van der Waals surface area contributed by atoms with Crippen molar-refractivity contribution in [3.63, 3.8) is 0 Å². The highest BCUT2D eigenvalue weighted by molar-refractivity contribution is 6.06. The summed E-state index contributed by atoms with van der Waals surface area (Å²) < 4.78 is 18.6. The number of likely N-dealkylation sites (N-methyl/N-ethyl adjacent to an activating group) is 1. The SMILES string of the molecule is CNC(=O)C(C)NC(=O)c1ccc2n[nH]c(/C=C/c3ccc(F)cc3)c2c1OC. The quantitative estimate of drug-likeness (QED) is 0.597. The van der Waals surface area contributed by atoms with Crippen LogP contribution < -0.4 is 15.4 Å². The molecule has 1 heterocycles. The Morgan fingerprint density at radius 2 is 1.90 bits per heavy atom. The summed E-state index contributed by atoms with van der Waals surface area (Å²) in [5.41, 5.74) is 2.35. The summed E-state index contributed by atoms with van der Waals surface area (Å²) in [6.07, 6.45) is 3.58. The van der Waals surface area contributed by atoms with Gasteiger partial charge >= 0.3 is 0 Å². The molecular formula is C21H21FN4O3. The lowest BCUT2D eigenvalue weighted by atomic mass is 10.1. The fourth-order valence-corrected chi connectivity index (χ4v) is 2.92. The second kappa shape index (κ2) is 8.55. The zero-order valence-electron chi connectivity index (χ0n) is 16.2. The molecule has 1 unspecified atom stereocenters. The molecule has 0 aliphatic heterocycles. The summed E-state index contributed by atoms with van der Waals surface area (Å²) in [5.74, 6) is -0.701. The van der Waals surface area contributed by atoms with Gasteiger partial charge in [0, 0.05) is 7.05 Å². The van der Waals surface area contributed by atoms with Gasteiger partial charge in [0.1, 0.15) is 17.6 Å². The van der Waals surface area contributed by atoms with E-state index in [-0.39, 0.29) is 17.3 Å². The van der Waals surface area contributed by atoms with Gasteiger partial charge < -0.3 is 15.4 Å². The van der Waals surface area contributed by atoms with Gasteiger partial charge in [0.25, 0.3) is 5.91 Å². The molecule has 3 aromatic rings. The van der Waals surface area contributed by atoms with Gasteiger partial charge in [-0.3, -0.25) is 14.7 Å². The van der Waals surface area contributed by atoms with Crippen LogP contribution in [0.25, 0.3) is 23.1 Å². The molecule has 0 radical (unpaired) electrons. The van der Waals surface area contributed by atoms with Crippen LogP contribution in [0.1, 0.15) is 28.5 Å². The number of fused-ring (bicyclic) bond motifs is 1. The Morgan fingerprint density at radius 3 is 2.55 bits per heavy atom. The van der Waals surface area contributed by atoms with Gasteiger partial charge in [-0.1, -0.05) is 18.2 Å². The molecule has 1 aromatic heterocycles. The summed E-state index contributed by atoms with van der Waals surface area (Å²) in [4.78, 5) is 24.4. The first-order valence-electron chi connectivity index (χ1n) is 8.95. The van der Waals surface area contributed by atoms with Crippen LogP contribution in [-0.2, 0) is 4.79 Å². The average molecular weight is 396 g/mol. The van der Waals surface area contributed by atoms with Gasteiger partial charge in [0.2, 0.25) is 5.91 Å². The number of amides is 2. The van der Waals surface area contributed by atoms with Crippen LogP contribution in [0.2, 0.25) is 0 Å². The summed E-state index contributed by atoms with van der Waals surface area (Å²) in [6, 6.07) is 8.66. The van der Waals surface area contributed by atoms with Gasteiger partial charge in [-0.2, -0.15) is 5.10 Å². The number of rotatable bonds is 6. The molecule has 2 amide bonds. The van der Waals surface area contributed by atoms with E-state index in [0.29, 0.717) is 22.3 Å². The minimum Gasteiger partial charge on any atom is -0.495 e. The normalized spacial score (nSPS) is 12.1. The van der Waals surface area contributed by atoms with E-state index < -0.39 is 11.9 Å². The molecule has 29 heavy (non-hydrogen) atoms. The minimum absolute atomic E-state index is 0.286. The predicted molar refractivity (Wildman–Crippen MR) is 109 cm³/mol. The Bertz CT molecular complexity index is 1070. The average Bonchev–Trinajstić information content (AvgIpc) is 3.15. The number of nitrogens with one attached hydrogen (secondary N) is 3. The van der Waals surface area contributed by atoms with Crippen LogP contribution in [0.4, 0.5) is 4.39 Å². The molecule has 0 aliphatic rings. The maximum Gasteiger partial charge on any atom is 0.255 e. The molecule has 0 bridgehead atoms. The first kappa shape index (κ1) is 20.1. The van der Waals surface area contributed by atoms with Crippen LogP contribution in [-0.4, -0.2) is 42.2 Å². The van der Waals surface area contributed by atoms with E-state index in [4.69, 9.17) is 4.74 Å². The topological polar surface area (TPSA) is 96.1 Å². The molecule has 3 rings (SSSR count). The standard InChI is InChI=1S/C21H21FN4O3/c1-12(20(27)23-2)24-21(28)15-9-11-17-18(19(15)29-3)16(25-26-17)10-6-13-4-7-14(22)8-5-13/h4-12H,1-3H3,(H,23,27)(H,24,28)(H,25,26)/b10-6+. The smallest absolute Gasteiger partial charge is 0.255 e. The molecule has 8 heteroatoms. The summed E-state index contributed by atoms with van der Waals surface area (Å²) in [7, 11) is 2.97. The Balaban J connectivity index is 1.97. The van der Waals surface area contributed by atoms with Gasteiger partial charge in [0.15, 0.2) is 0 Å². The number of hydrogen-bond donors (Lipinski definition) is 3. The van der Waals surface area contributed by atoms with Crippen molar-refractivity contribution >= 4 is 34.9 Å². The lowest BCUT2D eigenvalue weighted by Crippen LogP contribution is -2.43. The number of ether oxygens (including phenoxy) is 1. The highest BCUT2D eigenvalue weighted by Gasteiger charge is 2.21. The number of carbonyl (C=O) groups is 2.